The highest BCUT2D eigenvalue weighted by molar-refractivity contribution is 6.64. The van der Waals surface area contributed by atoms with Crippen molar-refractivity contribution in [3.63, 3.8) is 0 Å². The number of primary amides is 1. The van der Waals surface area contributed by atoms with Gasteiger partial charge in [-0.25, -0.2) is 4.79 Å². The second-order valence-electron chi connectivity index (χ2n) is 3.02. The van der Waals surface area contributed by atoms with E-state index in [-0.39, 0.29) is 0 Å². The Kier molecular flexibility index (Phi) is 11.2. The fraction of sp³-hybridized carbons (Fsp3) is 0.889. The van der Waals surface area contributed by atoms with Crippen LogP contribution in [0.2, 0.25) is 13.1 Å². The van der Waals surface area contributed by atoms with Crippen LogP contribution in [0.3, 0.4) is 0 Å². The summed E-state index contributed by atoms with van der Waals surface area (Å²) in [5, 5.41) is 0. The minimum Gasteiger partial charge on any atom is -0.450 e. The van der Waals surface area contributed by atoms with Gasteiger partial charge in [0.1, 0.15) is 0 Å². The molecule has 6 heteroatoms. The summed E-state index contributed by atoms with van der Waals surface area (Å²) in [5.41, 5.74) is 4.54. The smallest absolute Gasteiger partial charge is 0.404 e. The average molecular weight is 237 g/mol. The summed E-state index contributed by atoms with van der Waals surface area (Å²) in [4.78, 5) is 9.60. The van der Waals surface area contributed by atoms with E-state index in [4.69, 9.17) is 8.85 Å². The topological polar surface area (TPSA) is 70.8 Å². The zero-order chi connectivity index (χ0) is 12.3. The molecule has 0 atom stereocenters. The number of hydrogen-bond acceptors (Lipinski definition) is 4. The van der Waals surface area contributed by atoms with Gasteiger partial charge in [0.2, 0.25) is 0 Å². The first-order chi connectivity index (χ1) is 6.89. The van der Waals surface area contributed by atoms with Crippen LogP contribution in [0.15, 0.2) is 0 Å². The van der Waals surface area contributed by atoms with Gasteiger partial charge in [-0.05, 0) is 33.9 Å². The summed E-state index contributed by atoms with van der Waals surface area (Å²) in [7, 11) is -1.70. The van der Waals surface area contributed by atoms with E-state index in [1.807, 2.05) is 13.8 Å². The average Bonchev–Trinajstić information content (AvgIpc) is 2.03. The predicted octanol–water partition coefficient (Wildman–Crippen LogP) is 1.86. The van der Waals surface area contributed by atoms with Crippen LogP contribution < -0.4 is 5.73 Å². The molecule has 0 unspecified atom stereocenters. The number of hydrogen-bond donors (Lipinski definition) is 1. The maximum absolute atomic E-state index is 9.60. The van der Waals surface area contributed by atoms with E-state index in [2.05, 4.69) is 23.6 Å². The lowest BCUT2D eigenvalue weighted by Gasteiger charge is -2.20. The Labute approximate surface area is 93.1 Å². The molecular weight excluding hydrogens is 214 g/mol. The van der Waals surface area contributed by atoms with Gasteiger partial charge in [-0.15, -0.1) is 0 Å². The Morgan fingerprint density at radius 2 is 1.47 bits per heavy atom. The molecule has 0 rings (SSSR count). The number of carbonyl (C=O) groups is 1. The number of amides is 1. The van der Waals surface area contributed by atoms with Crippen LogP contribution in [0.5, 0.6) is 0 Å². The van der Waals surface area contributed by atoms with Crippen molar-refractivity contribution in [1.82, 2.24) is 0 Å². The summed E-state index contributed by atoms with van der Waals surface area (Å²) in [5.74, 6) is 0. The molecule has 0 aliphatic heterocycles. The van der Waals surface area contributed by atoms with Crippen molar-refractivity contribution >= 4 is 14.7 Å². The van der Waals surface area contributed by atoms with Gasteiger partial charge in [-0.2, -0.15) is 0 Å². The maximum Gasteiger partial charge on any atom is 0.404 e. The molecule has 0 radical (unpaired) electrons. The zero-order valence-electron chi connectivity index (χ0n) is 10.3. The van der Waals surface area contributed by atoms with E-state index in [0.29, 0.717) is 6.61 Å². The second-order valence-corrected chi connectivity index (χ2v) is 6.39. The van der Waals surface area contributed by atoms with Crippen molar-refractivity contribution in [2.45, 2.75) is 33.9 Å². The number of ether oxygens (including phenoxy) is 1. The first-order valence-electron chi connectivity index (χ1n) is 5.09. The largest absolute Gasteiger partial charge is 0.450 e. The normalized spacial score (nSPS) is 10.2. The highest BCUT2D eigenvalue weighted by Gasteiger charge is 2.22. The quantitative estimate of drug-likeness (QED) is 0.741. The molecule has 0 aromatic carbocycles. The third-order valence-electron chi connectivity index (χ3n) is 1.27. The summed E-state index contributed by atoms with van der Waals surface area (Å²) in [6.07, 6.45) is -0.711. The van der Waals surface area contributed by atoms with Crippen molar-refractivity contribution in [1.29, 1.82) is 0 Å². The molecule has 0 fully saturated rings. The van der Waals surface area contributed by atoms with Gasteiger partial charge in [0.15, 0.2) is 0 Å². The van der Waals surface area contributed by atoms with E-state index in [0.717, 1.165) is 13.2 Å². The van der Waals surface area contributed by atoms with Crippen LogP contribution in [0.4, 0.5) is 4.79 Å². The Morgan fingerprint density at radius 1 is 1.07 bits per heavy atom. The van der Waals surface area contributed by atoms with Gasteiger partial charge in [0.05, 0.1) is 6.61 Å². The lowest BCUT2D eigenvalue weighted by molar-refractivity contribution is 0.163. The lowest BCUT2D eigenvalue weighted by Crippen LogP contribution is -2.34. The van der Waals surface area contributed by atoms with Crippen molar-refractivity contribution < 1.29 is 18.4 Å². The minimum absolute atomic E-state index is 0.356. The SMILES string of the molecule is CCOC(N)=O.CCO[Si](C)(C)OCC. The molecule has 92 valence electrons. The third kappa shape index (κ3) is 16.1. The van der Waals surface area contributed by atoms with Gasteiger partial charge >= 0.3 is 14.7 Å². The van der Waals surface area contributed by atoms with Crippen LogP contribution in [0.1, 0.15) is 20.8 Å². The molecule has 0 aliphatic carbocycles. The number of rotatable bonds is 5. The molecular formula is C9H23NO4Si. The summed E-state index contributed by atoms with van der Waals surface area (Å²) < 4.78 is 15.0. The van der Waals surface area contributed by atoms with Gasteiger partial charge in [-0.3, -0.25) is 0 Å². The third-order valence-corrected chi connectivity index (χ3v) is 3.24. The molecule has 15 heavy (non-hydrogen) atoms. The van der Waals surface area contributed by atoms with Crippen LogP contribution in [-0.4, -0.2) is 34.5 Å². The van der Waals surface area contributed by atoms with Crippen LogP contribution in [-0.2, 0) is 13.6 Å². The summed E-state index contributed by atoms with van der Waals surface area (Å²) in [6.45, 7) is 11.7. The van der Waals surface area contributed by atoms with Crippen molar-refractivity contribution in [2.24, 2.45) is 5.73 Å². The van der Waals surface area contributed by atoms with E-state index >= 15 is 0 Å². The maximum atomic E-state index is 9.60. The van der Waals surface area contributed by atoms with E-state index < -0.39 is 14.7 Å². The van der Waals surface area contributed by atoms with Gasteiger partial charge in [0, 0.05) is 13.2 Å². The van der Waals surface area contributed by atoms with Gasteiger partial charge < -0.3 is 19.3 Å². The second kappa shape index (κ2) is 9.94. The highest BCUT2D eigenvalue weighted by atomic mass is 28.4. The van der Waals surface area contributed by atoms with E-state index in [1.54, 1.807) is 6.92 Å². The van der Waals surface area contributed by atoms with Gasteiger partial charge in [-0.1, -0.05) is 0 Å². The molecule has 0 bridgehead atoms. The Hall–Kier alpha value is -0.593. The summed E-state index contributed by atoms with van der Waals surface area (Å²) in [6, 6.07) is 0. The zero-order valence-corrected chi connectivity index (χ0v) is 11.3. The molecule has 5 nitrogen and oxygen atoms in total. The first kappa shape index (κ1) is 16.8. The molecule has 0 aromatic heterocycles. The molecule has 0 saturated carbocycles. The number of nitrogens with two attached hydrogens (primary N) is 1. The predicted molar refractivity (Wildman–Crippen MR) is 61.9 cm³/mol. The van der Waals surface area contributed by atoms with Crippen molar-refractivity contribution in [2.75, 3.05) is 19.8 Å². The lowest BCUT2D eigenvalue weighted by atomic mass is 10.9. The standard InChI is InChI=1S/C6H16O2Si.C3H7NO2/c1-5-7-9(3,4)8-6-2;1-2-6-3(4)5/h5-6H2,1-4H3;2H2,1H3,(H2,4,5). The molecule has 0 saturated heterocycles. The summed E-state index contributed by atoms with van der Waals surface area (Å²) >= 11 is 0. The van der Waals surface area contributed by atoms with Crippen LogP contribution in [0.25, 0.3) is 0 Å². The van der Waals surface area contributed by atoms with Gasteiger partial charge in [0.25, 0.3) is 0 Å². The molecule has 0 heterocycles. The molecule has 0 aromatic rings. The van der Waals surface area contributed by atoms with Crippen LogP contribution in [0, 0.1) is 0 Å². The Morgan fingerprint density at radius 3 is 1.60 bits per heavy atom. The molecule has 1 amide bonds. The van der Waals surface area contributed by atoms with Crippen molar-refractivity contribution in [3.8, 4) is 0 Å². The highest BCUT2D eigenvalue weighted by Crippen LogP contribution is 2.04. The molecule has 0 aliphatic rings. The monoisotopic (exact) mass is 237 g/mol. The molecule has 2 N–H and O–H groups in total. The molecule has 0 spiro atoms. The number of carbonyl (C=O) groups excluding carboxylic acids is 1. The van der Waals surface area contributed by atoms with E-state index in [1.165, 1.54) is 0 Å². The first-order valence-corrected chi connectivity index (χ1v) is 7.91. The van der Waals surface area contributed by atoms with E-state index in [9.17, 15) is 4.79 Å². The fourth-order valence-corrected chi connectivity index (χ4v) is 2.35. The minimum atomic E-state index is -1.70. The Balaban J connectivity index is 0. The van der Waals surface area contributed by atoms with Crippen molar-refractivity contribution in [3.05, 3.63) is 0 Å². The fourth-order valence-electron chi connectivity index (χ4n) is 0.879. The Bertz CT molecular complexity index is 156. The van der Waals surface area contributed by atoms with Crippen LogP contribution >= 0.6 is 0 Å².